The molecular weight excluding hydrogens is 260 g/mol. The molecule has 0 saturated heterocycles. The number of aromatic nitrogens is 1. The topological polar surface area (TPSA) is 86.2 Å². The van der Waals surface area contributed by atoms with Crippen LogP contribution in [0.25, 0.3) is 11.1 Å². The summed E-state index contributed by atoms with van der Waals surface area (Å²) in [6, 6.07) is 5.20. The minimum absolute atomic E-state index is 0.110. The Hall–Kier alpha value is -1.21. The molecule has 2 aromatic rings. The minimum Gasteiger partial charge on any atom is -0.431 e. The Labute approximate surface area is 103 Å². The number of sulfone groups is 1. The molecule has 0 amide bonds. The lowest BCUT2D eigenvalue weighted by Crippen LogP contribution is -2.04. The quantitative estimate of drug-likeness (QED) is 0.671. The highest BCUT2D eigenvalue weighted by atomic mass is 32.2. The molecule has 7 heteroatoms. The van der Waals surface area contributed by atoms with Crippen molar-refractivity contribution in [2.75, 3.05) is 23.5 Å². The molecule has 1 aromatic carbocycles. The Morgan fingerprint density at radius 3 is 2.94 bits per heavy atom. The molecule has 0 atom stereocenters. The number of nitrogens with two attached hydrogens (primary N) is 1. The van der Waals surface area contributed by atoms with Crippen molar-refractivity contribution in [1.82, 2.24) is 4.98 Å². The van der Waals surface area contributed by atoms with E-state index in [4.69, 9.17) is 10.2 Å². The maximum atomic E-state index is 11.0. The fourth-order valence-electron chi connectivity index (χ4n) is 1.27. The standard InChI is InChI=1S/C10H12N2O3S2/c1-17(13,14)5-4-16-10-12-8-6-7(11)2-3-9(8)15-10/h2-3,6H,4-5,11H2,1H3. The number of fused-ring (bicyclic) bond motifs is 1. The van der Waals surface area contributed by atoms with Crippen molar-refractivity contribution in [1.29, 1.82) is 0 Å². The van der Waals surface area contributed by atoms with Gasteiger partial charge < -0.3 is 10.2 Å². The van der Waals surface area contributed by atoms with E-state index in [0.717, 1.165) is 0 Å². The van der Waals surface area contributed by atoms with E-state index in [2.05, 4.69) is 4.98 Å². The predicted molar refractivity (Wildman–Crippen MR) is 68.9 cm³/mol. The second-order valence-electron chi connectivity index (χ2n) is 3.69. The van der Waals surface area contributed by atoms with Gasteiger partial charge in [0.05, 0.1) is 5.75 Å². The molecule has 0 radical (unpaired) electrons. The van der Waals surface area contributed by atoms with E-state index < -0.39 is 9.84 Å². The van der Waals surface area contributed by atoms with Gasteiger partial charge in [-0.05, 0) is 18.2 Å². The Kier molecular flexibility index (Phi) is 3.30. The van der Waals surface area contributed by atoms with Crippen LogP contribution >= 0.6 is 11.8 Å². The van der Waals surface area contributed by atoms with Gasteiger partial charge in [-0.3, -0.25) is 0 Å². The van der Waals surface area contributed by atoms with Gasteiger partial charge in [0.15, 0.2) is 5.58 Å². The Balaban J connectivity index is 2.09. The Morgan fingerprint density at radius 2 is 2.24 bits per heavy atom. The van der Waals surface area contributed by atoms with Crippen LogP contribution in [0.3, 0.4) is 0 Å². The Morgan fingerprint density at radius 1 is 1.47 bits per heavy atom. The van der Waals surface area contributed by atoms with E-state index in [9.17, 15) is 8.42 Å². The molecular formula is C10H12N2O3S2. The number of thioether (sulfide) groups is 1. The highest BCUT2D eigenvalue weighted by molar-refractivity contribution is 8.00. The van der Waals surface area contributed by atoms with Gasteiger partial charge in [-0.2, -0.15) is 0 Å². The number of oxazole rings is 1. The summed E-state index contributed by atoms with van der Waals surface area (Å²) >= 11 is 1.28. The first kappa shape index (κ1) is 12.3. The van der Waals surface area contributed by atoms with Crippen LogP contribution < -0.4 is 5.73 Å². The van der Waals surface area contributed by atoms with Gasteiger partial charge in [-0.25, -0.2) is 13.4 Å². The van der Waals surface area contributed by atoms with Crippen molar-refractivity contribution >= 4 is 38.4 Å². The van der Waals surface area contributed by atoms with Crippen LogP contribution in [-0.2, 0) is 9.84 Å². The van der Waals surface area contributed by atoms with Gasteiger partial charge in [-0.1, -0.05) is 11.8 Å². The molecule has 0 fully saturated rings. The van der Waals surface area contributed by atoms with Gasteiger partial charge in [-0.15, -0.1) is 0 Å². The first-order valence-corrected chi connectivity index (χ1v) is 7.95. The number of hydrogen-bond donors (Lipinski definition) is 1. The van der Waals surface area contributed by atoms with E-state index in [1.54, 1.807) is 18.2 Å². The fourth-order valence-corrected chi connectivity index (χ4v) is 3.30. The van der Waals surface area contributed by atoms with Crippen LogP contribution in [0.15, 0.2) is 27.8 Å². The molecule has 92 valence electrons. The number of nitrogen functional groups attached to an aromatic ring is 1. The van der Waals surface area contributed by atoms with Crippen molar-refractivity contribution in [3.63, 3.8) is 0 Å². The van der Waals surface area contributed by atoms with Crippen molar-refractivity contribution in [2.45, 2.75) is 5.22 Å². The second kappa shape index (κ2) is 4.58. The second-order valence-corrected chi connectivity index (χ2v) is 6.99. The summed E-state index contributed by atoms with van der Waals surface area (Å²) in [5.41, 5.74) is 7.59. The zero-order valence-electron chi connectivity index (χ0n) is 9.21. The van der Waals surface area contributed by atoms with Gasteiger partial charge in [0.2, 0.25) is 0 Å². The van der Waals surface area contributed by atoms with Crippen molar-refractivity contribution in [3.8, 4) is 0 Å². The highest BCUT2D eigenvalue weighted by Gasteiger charge is 2.08. The smallest absolute Gasteiger partial charge is 0.256 e. The number of hydrogen-bond acceptors (Lipinski definition) is 6. The van der Waals surface area contributed by atoms with E-state index in [0.29, 0.717) is 27.8 Å². The number of rotatable bonds is 4. The van der Waals surface area contributed by atoms with Crippen molar-refractivity contribution in [3.05, 3.63) is 18.2 Å². The minimum atomic E-state index is -2.94. The molecule has 0 saturated carbocycles. The van der Waals surface area contributed by atoms with Crippen molar-refractivity contribution in [2.24, 2.45) is 0 Å². The summed E-state index contributed by atoms with van der Waals surface area (Å²) in [6.45, 7) is 0. The third kappa shape index (κ3) is 3.37. The third-order valence-electron chi connectivity index (χ3n) is 2.07. The average molecular weight is 272 g/mol. The van der Waals surface area contributed by atoms with E-state index in [-0.39, 0.29) is 5.75 Å². The summed E-state index contributed by atoms with van der Waals surface area (Å²) in [5, 5.41) is 0.467. The predicted octanol–water partition coefficient (Wildman–Crippen LogP) is 1.55. The van der Waals surface area contributed by atoms with Crippen LogP contribution in [0.4, 0.5) is 5.69 Å². The van der Waals surface area contributed by atoms with E-state index in [1.807, 2.05) is 0 Å². The van der Waals surface area contributed by atoms with Crippen molar-refractivity contribution < 1.29 is 12.8 Å². The summed E-state index contributed by atoms with van der Waals surface area (Å²) in [5.74, 6) is 0.541. The van der Waals surface area contributed by atoms with Gasteiger partial charge >= 0.3 is 0 Å². The van der Waals surface area contributed by atoms with Crippen LogP contribution in [0.1, 0.15) is 0 Å². The molecule has 2 rings (SSSR count). The molecule has 0 aliphatic rings. The molecule has 0 spiro atoms. The van der Waals surface area contributed by atoms with E-state index >= 15 is 0 Å². The van der Waals surface area contributed by atoms with E-state index in [1.165, 1.54) is 18.0 Å². The summed E-state index contributed by atoms with van der Waals surface area (Å²) in [7, 11) is -2.94. The third-order valence-corrected chi connectivity index (χ3v) is 4.11. The lowest BCUT2D eigenvalue weighted by molar-refractivity contribution is 0.489. The zero-order valence-corrected chi connectivity index (χ0v) is 10.8. The molecule has 0 aliphatic carbocycles. The number of nitrogens with zero attached hydrogens (tertiary/aromatic N) is 1. The fraction of sp³-hybridized carbons (Fsp3) is 0.300. The monoisotopic (exact) mass is 272 g/mol. The highest BCUT2D eigenvalue weighted by Crippen LogP contribution is 2.24. The SMILES string of the molecule is CS(=O)(=O)CCSc1nc2cc(N)ccc2o1. The lowest BCUT2D eigenvalue weighted by Gasteiger charge is -1.94. The molecule has 1 aromatic heterocycles. The molecule has 1 heterocycles. The maximum absolute atomic E-state index is 11.0. The Bertz CT molecular complexity index is 634. The van der Waals surface area contributed by atoms with Gasteiger partial charge in [0.1, 0.15) is 15.4 Å². The molecule has 5 nitrogen and oxygen atoms in total. The number of benzene rings is 1. The van der Waals surface area contributed by atoms with Crippen LogP contribution in [0, 0.1) is 0 Å². The molecule has 2 N–H and O–H groups in total. The molecule has 17 heavy (non-hydrogen) atoms. The summed E-state index contributed by atoms with van der Waals surface area (Å²) < 4.78 is 27.4. The maximum Gasteiger partial charge on any atom is 0.256 e. The molecule has 0 aliphatic heterocycles. The largest absolute Gasteiger partial charge is 0.431 e. The average Bonchev–Trinajstić information content (AvgIpc) is 2.57. The summed E-state index contributed by atoms with van der Waals surface area (Å²) in [6.07, 6.45) is 1.21. The summed E-state index contributed by atoms with van der Waals surface area (Å²) in [4.78, 5) is 4.21. The van der Waals surface area contributed by atoms with Gasteiger partial charge in [0.25, 0.3) is 5.22 Å². The number of anilines is 1. The van der Waals surface area contributed by atoms with Crippen LogP contribution in [-0.4, -0.2) is 31.2 Å². The van der Waals surface area contributed by atoms with Gasteiger partial charge in [0, 0.05) is 17.7 Å². The van der Waals surface area contributed by atoms with Crippen LogP contribution in [0.2, 0.25) is 0 Å². The van der Waals surface area contributed by atoms with Crippen LogP contribution in [0.5, 0.6) is 0 Å². The zero-order chi connectivity index (χ0) is 12.5. The molecule has 0 bridgehead atoms. The first-order valence-electron chi connectivity index (χ1n) is 4.91. The lowest BCUT2D eigenvalue weighted by atomic mass is 10.3. The molecule has 0 unspecified atom stereocenters. The normalized spacial score (nSPS) is 12.1. The first-order chi connectivity index (χ1) is 7.94.